The fourth-order valence-corrected chi connectivity index (χ4v) is 2.58. The number of hydrogen-bond acceptors (Lipinski definition) is 4. The van der Waals surface area contributed by atoms with Gasteiger partial charge in [-0.15, -0.1) is 0 Å². The van der Waals surface area contributed by atoms with Gasteiger partial charge in [-0.05, 0) is 18.9 Å². The van der Waals surface area contributed by atoms with Gasteiger partial charge in [-0.1, -0.05) is 6.42 Å². The summed E-state index contributed by atoms with van der Waals surface area (Å²) in [6.07, 6.45) is 4.35. The predicted octanol–water partition coefficient (Wildman–Crippen LogP) is -0.119. The second-order valence-electron chi connectivity index (χ2n) is 3.88. The van der Waals surface area contributed by atoms with Crippen LogP contribution in [-0.2, 0) is 14.8 Å². The van der Waals surface area contributed by atoms with Crippen LogP contribution in [0.4, 0.5) is 0 Å². The first-order valence-corrected chi connectivity index (χ1v) is 6.45. The molecule has 1 aliphatic carbocycles. The molecule has 16 heavy (non-hydrogen) atoms. The van der Waals surface area contributed by atoms with E-state index in [1.54, 1.807) is 0 Å². The Kier molecular flexibility index (Phi) is 2.81. The average Bonchev–Trinajstić information content (AvgIpc) is 2.39. The van der Waals surface area contributed by atoms with Crippen molar-refractivity contribution in [2.24, 2.45) is 4.40 Å². The van der Waals surface area contributed by atoms with Gasteiger partial charge in [-0.3, -0.25) is 0 Å². The van der Waals surface area contributed by atoms with Crippen LogP contribution in [0.5, 0.6) is 0 Å². The molecule has 0 bridgehead atoms. The Morgan fingerprint density at radius 3 is 2.69 bits per heavy atom. The first-order valence-electron chi connectivity index (χ1n) is 5.01. The molecular weight excluding hydrogens is 232 g/mol. The van der Waals surface area contributed by atoms with Crippen molar-refractivity contribution in [2.75, 3.05) is 6.54 Å². The van der Waals surface area contributed by atoms with E-state index in [2.05, 4.69) is 9.71 Å². The molecule has 6 nitrogen and oxygen atoms in total. The summed E-state index contributed by atoms with van der Waals surface area (Å²) in [7, 11) is -3.76. The highest BCUT2D eigenvalue weighted by Gasteiger charge is 2.28. The van der Waals surface area contributed by atoms with Gasteiger partial charge in [0.05, 0.1) is 4.91 Å². The average molecular weight is 244 g/mol. The van der Waals surface area contributed by atoms with E-state index in [4.69, 9.17) is 5.11 Å². The molecule has 0 aromatic rings. The lowest BCUT2D eigenvalue weighted by Crippen LogP contribution is -2.36. The maximum atomic E-state index is 11.4. The van der Waals surface area contributed by atoms with Crippen LogP contribution in [0.15, 0.2) is 15.4 Å². The quantitative estimate of drug-likeness (QED) is 0.718. The summed E-state index contributed by atoms with van der Waals surface area (Å²) >= 11 is 0. The van der Waals surface area contributed by atoms with Gasteiger partial charge in [-0.25, -0.2) is 4.79 Å². The van der Waals surface area contributed by atoms with Crippen molar-refractivity contribution in [3.63, 3.8) is 0 Å². The Morgan fingerprint density at radius 1 is 1.56 bits per heavy atom. The first kappa shape index (κ1) is 11.3. The number of nitrogens with one attached hydrogen (secondary N) is 1. The zero-order chi connectivity index (χ0) is 11.8. The monoisotopic (exact) mass is 244 g/mol. The number of aliphatic carboxylic acids is 1. The summed E-state index contributed by atoms with van der Waals surface area (Å²) in [6.45, 7) is 0.160. The number of sulfonamides is 1. The summed E-state index contributed by atoms with van der Waals surface area (Å²) in [5.74, 6) is -1.32. The van der Waals surface area contributed by atoms with E-state index in [0.717, 1.165) is 25.3 Å². The predicted molar refractivity (Wildman–Crippen MR) is 57.7 cm³/mol. The molecule has 0 amide bonds. The van der Waals surface area contributed by atoms with Gasteiger partial charge in [0.2, 0.25) is 0 Å². The van der Waals surface area contributed by atoms with Crippen molar-refractivity contribution >= 4 is 21.7 Å². The van der Waals surface area contributed by atoms with Crippen molar-refractivity contribution in [2.45, 2.75) is 25.3 Å². The molecule has 0 spiro atoms. The molecule has 2 N–H and O–H groups in total. The minimum atomic E-state index is -3.76. The summed E-state index contributed by atoms with van der Waals surface area (Å²) in [5.41, 5.74) is -0.412. The Morgan fingerprint density at radius 2 is 2.25 bits per heavy atom. The van der Waals surface area contributed by atoms with E-state index in [0.29, 0.717) is 6.04 Å². The van der Waals surface area contributed by atoms with E-state index < -0.39 is 21.7 Å². The molecule has 0 saturated heterocycles. The smallest absolute Gasteiger partial charge is 0.355 e. The van der Waals surface area contributed by atoms with Crippen LogP contribution in [0.1, 0.15) is 19.3 Å². The highest BCUT2D eigenvalue weighted by Crippen LogP contribution is 2.20. The van der Waals surface area contributed by atoms with Crippen LogP contribution in [-0.4, -0.2) is 37.8 Å². The third kappa shape index (κ3) is 2.14. The van der Waals surface area contributed by atoms with Crippen molar-refractivity contribution < 1.29 is 18.3 Å². The maximum absolute atomic E-state index is 11.4. The maximum Gasteiger partial charge on any atom is 0.355 e. The van der Waals surface area contributed by atoms with E-state index in [-0.39, 0.29) is 11.4 Å². The Bertz CT molecular complexity index is 474. The molecule has 0 aromatic heterocycles. The molecule has 7 heteroatoms. The van der Waals surface area contributed by atoms with Gasteiger partial charge < -0.3 is 10.4 Å². The third-order valence-electron chi connectivity index (χ3n) is 2.74. The lowest BCUT2D eigenvalue weighted by molar-refractivity contribution is -0.129. The van der Waals surface area contributed by atoms with Gasteiger partial charge >= 0.3 is 5.97 Å². The molecular formula is C9H12N2O4S. The van der Waals surface area contributed by atoms with E-state index >= 15 is 0 Å². The second kappa shape index (κ2) is 3.99. The molecule has 1 fully saturated rings. The van der Waals surface area contributed by atoms with Gasteiger partial charge in [0.1, 0.15) is 0 Å². The lowest BCUT2D eigenvalue weighted by atomic mass is 9.93. The molecule has 2 rings (SSSR count). The third-order valence-corrected chi connectivity index (χ3v) is 4.10. The number of carboxylic acids is 1. The first-order chi connectivity index (χ1) is 7.49. The molecule has 0 atom stereocenters. The summed E-state index contributed by atoms with van der Waals surface area (Å²) in [6, 6.07) is 0.352. The number of nitrogens with zero attached hydrogens (tertiary/aromatic N) is 1. The fourth-order valence-electron chi connectivity index (χ4n) is 1.54. The van der Waals surface area contributed by atoms with Crippen LogP contribution < -0.4 is 5.32 Å². The van der Waals surface area contributed by atoms with Crippen molar-refractivity contribution in [3.05, 3.63) is 11.0 Å². The molecule has 1 saturated carbocycles. The van der Waals surface area contributed by atoms with Gasteiger partial charge in [0, 0.05) is 12.6 Å². The van der Waals surface area contributed by atoms with Gasteiger partial charge in [0.25, 0.3) is 10.0 Å². The van der Waals surface area contributed by atoms with E-state index in [9.17, 15) is 13.2 Å². The minimum Gasteiger partial charge on any atom is -0.476 e. The molecule has 0 aromatic carbocycles. The minimum absolute atomic E-state index is 0.0387. The molecule has 0 radical (unpaired) electrons. The van der Waals surface area contributed by atoms with E-state index in [1.165, 1.54) is 0 Å². The van der Waals surface area contributed by atoms with Crippen molar-refractivity contribution in [1.82, 2.24) is 5.32 Å². The standard InChI is InChI=1S/C9H12N2O4S/c12-9(13)8-4-7(16(14,15)11-8)5-10-6-2-1-3-6/h4,6,10H,1-3,5H2,(H,12,13). The molecule has 1 aliphatic heterocycles. The molecule has 2 aliphatic rings. The van der Waals surface area contributed by atoms with Crippen LogP contribution in [0, 0.1) is 0 Å². The number of rotatable bonds is 4. The Hall–Kier alpha value is -1.21. The van der Waals surface area contributed by atoms with Crippen molar-refractivity contribution in [3.8, 4) is 0 Å². The topological polar surface area (TPSA) is 95.8 Å². The van der Waals surface area contributed by atoms with Gasteiger partial charge in [-0.2, -0.15) is 12.8 Å². The summed E-state index contributed by atoms with van der Waals surface area (Å²) in [5, 5.41) is 11.7. The Balaban J connectivity index is 2.04. The fraction of sp³-hybridized carbons (Fsp3) is 0.556. The zero-order valence-electron chi connectivity index (χ0n) is 8.51. The zero-order valence-corrected chi connectivity index (χ0v) is 9.33. The Labute approximate surface area is 93.1 Å². The second-order valence-corrected chi connectivity index (χ2v) is 5.53. The van der Waals surface area contributed by atoms with Crippen molar-refractivity contribution in [1.29, 1.82) is 0 Å². The van der Waals surface area contributed by atoms with Crippen LogP contribution in [0.25, 0.3) is 0 Å². The highest BCUT2D eigenvalue weighted by atomic mass is 32.2. The SMILES string of the molecule is O=C(O)C1=NS(=O)(=O)C(CNC2CCC2)=C1. The largest absolute Gasteiger partial charge is 0.476 e. The van der Waals surface area contributed by atoms with Crippen LogP contribution in [0.3, 0.4) is 0 Å². The summed E-state index contributed by atoms with van der Waals surface area (Å²) < 4.78 is 26.1. The number of hydrogen-bond donors (Lipinski definition) is 2. The highest BCUT2D eigenvalue weighted by molar-refractivity contribution is 7.94. The summed E-state index contributed by atoms with van der Waals surface area (Å²) in [4.78, 5) is 10.6. The number of carboxylic acid groups (broad SMARTS) is 1. The molecule has 0 unspecified atom stereocenters. The molecule has 88 valence electrons. The molecule has 1 heterocycles. The van der Waals surface area contributed by atoms with E-state index in [1.807, 2.05) is 0 Å². The van der Waals surface area contributed by atoms with Gasteiger partial charge in [0.15, 0.2) is 5.71 Å². The lowest BCUT2D eigenvalue weighted by Gasteiger charge is -2.26. The van der Waals surface area contributed by atoms with Crippen LogP contribution in [0.2, 0.25) is 0 Å². The van der Waals surface area contributed by atoms with Crippen LogP contribution >= 0.6 is 0 Å². The number of carbonyl (C=O) groups is 1. The normalized spacial score (nSPS) is 23.5.